The Kier molecular flexibility index (Phi) is 12.5. The lowest BCUT2D eigenvalue weighted by molar-refractivity contribution is -0.136. The number of benzene rings is 3. The van der Waals surface area contributed by atoms with Gasteiger partial charge in [-0.25, -0.2) is 9.59 Å². The summed E-state index contributed by atoms with van der Waals surface area (Å²) in [6.45, 7) is 8.37. The maximum absolute atomic E-state index is 12.5. The van der Waals surface area contributed by atoms with Crippen molar-refractivity contribution >= 4 is 34.1 Å². The molecule has 12 nitrogen and oxygen atoms in total. The smallest absolute Gasteiger partial charge is 0.337 e. The molecule has 13 heteroatoms. The van der Waals surface area contributed by atoms with Crippen molar-refractivity contribution in [1.82, 2.24) is 16.1 Å². The monoisotopic (exact) mass is 710 g/mol. The van der Waals surface area contributed by atoms with E-state index in [1.807, 2.05) is 45.0 Å². The summed E-state index contributed by atoms with van der Waals surface area (Å²) in [5.74, 6) is 1.29. The molecule has 1 heterocycles. The third kappa shape index (κ3) is 9.39. The molecule has 0 saturated carbocycles. The lowest BCUT2D eigenvalue weighted by Crippen LogP contribution is -2.45. The van der Waals surface area contributed by atoms with E-state index in [1.54, 1.807) is 37.4 Å². The molecule has 3 aromatic carbocycles. The van der Waals surface area contributed by atoms with Crippen LogP contribution < -0.4 is 35.0 Å². The standard InChI is InChI=1S/C34H39BrN4O8/c1-6-44-27-16-24(31-30(33(41)43-5)21(4)37-34(42)38-31)11-12-26(27)46-19-29(40)39-36-17-23-14-25(35)32(28(15-23)45-7-2)47-18-22-10-8-9-20(3)13-22/h8-17,29,31,39-40H,6-7,18-19H2,1-5H3,(H2,37,38,42)/b36-17-/t29-,31+/m0/s1. The van der Waals surface area contributed by atoms with Crippen molar-refractivity contribution in [2.24, 2.45) is 5.10 Å². The molecule has 4 rings (SSSR count). The number of hydrazone groups is 1. The van der Waals surface area contributed by atoms with E-state index in [9.17, 15) is 14.7 Å². The SMILES string of the molecule is CCOc1cc([C@H]2NC(=O)NC(C)=C2C(=O)OC)ccc1OC[C@H](O)N/N=C\c1cc(Br)c(OCc2cccc(C)c2)c(OCC)c1. The van der Waals surface area contributed by atoms with Gasteiger partial charge >= 0.3 is 12.0 Å². The molecule has 0 bridgehead atoms. The van der Waals surface area contributed by atoms with Crippen LogP contribution in [0.3, 0.4) is 0 Å². The number of rotatable bonds is 15. The maximum Gasteiger partial charge on any atom is 0.337 e. The van der Waals surface area contributed by atoms with E-state index < -0.39 is 24.3 Å². The molecule has 1 aliphatic rings. The lowest BCUT2D eigenvalue weighted by Gasteiger charge is -2.28. The molecule has 1 aliphatic heterocycles. The molecule has 0 radical (unpaired) electrons. The van der Waals surface area contributed by atoms with E-state index in [0.29, 0.717) is 64.1 Å². The van der Waals surface area contributed by atoms with Crippen LogP contribution in [0.2, 0.25) is 0 Å². The highest BCUT2D eigenvalue weighted by molar-refractivity contribution is 9.10. The number of hydrogen-bond donors (Lipinski definition) is 4. The topological polar surface area (TPSA) is 149 Å². The predicted octanol–water partition coefficient (Wildman–Crippen LogP) is 5.26. The van der Waals surface area contributed by atoms with Gasteiger partial charge in [-0.1, -0.05) is 35.9 Å². The minimum Gasteiger partial charge on any atom is -0.490 e. The second-order valence-electron chi connectivity index (χ2n) is 10.5. The molecule has 0 aromatic heterocycles. The molecule has 0 fully saturated rings. The zero-order valence-corrected chi connectivity index (χ0v) is 28.5. The van der Waals surface area contributed by atoms with Crippen molar-refractivity contribution in [3.8, 4) is 23.0 Å². The van der Waals surface area contributed by atoms with Crippen LogP contribution in [0.4, 0.5) is 4.79 Å². The number of methoxy groups -OCH3 is 1. The first-order chi connectivity index (χ1) is 22.6. The molecule has 2 amide bonds. The number of esters is 1. The number of aryl methyl sites for hydroxylation is 1. The number of carbonyl (C=O) groups excluding carboxylic acids is 2. The Morgan fingerprint density at radius 1 is 1.02 bits per heavy atom. The highest BCUT2D eigenvalue weighted by atomic mass is 79.9. The van der Waals surface area contributed by atoms with Crippen molar-refractivity contribution in [2.45, 2.75) is 46.6 Å². The van der Waals surface area contributed by atoms with E-state index in [0.717, 1.165) is 11.1 Å². The van der Waals surface area contributed by atoms with Gasteiger partial charge in [-0.15, -0.1) is 0 Å². The van der Waals surface area contributed by atoms with Gasteiger partial charge in [0.1, 0.15) is 13.2 Å². The Morgan fingerprint density at radius 3 is 2.51 bits per heavy atom. The van der Waals surface area contributed by atoms with Gasteiger partial charge in [0.15, 0.2) is 29.2 Å². The van der Waals surface area contributed by atoms with Gasteiger partial charge in [0.2, 0.25) is 0 Å². The van der Waals surface area contributed by atoms with Crippen LogP contribution in [0.15, 0.2) is 75.4 Å². The van der Waals surface area contributed by atoms with Crippen molar-refractivity contribution in [2.75, 3.05) is 26.9 Å². The third-order valence-corrected chi connectivity index (χ3v) is 7.50. The van der Waals surface area contributed by atoms with Gasteiger partial charge in [-0.05, 0) is 84.6 Å². The largest absolute Gasteiger partial charge is 0.490 e. The van der Waals surface area contributed by atoms with E-state index >= 15 is 0 Å². The number of allylic oxidation sites excluding steroid dienone is 1. The second-order valence-corrected chi connectivity index (χ2v) is 11.3. The first-order valence-electron chi connectivity index (χ1n) is 15.0. The molecule has 2 atom stereocenters. The molecular weight excluding hydrogens is 672 g/mol. The van der Waals surface area contributed by atoms with Gasteiger partial charge in [-0.2, -0.15) is 5.10 Å². The molecule has 3 aromatic rings. The Morgan fingerprint density at radius 2 is 1.79 bits per heavy atom. The summed E-state index contributed by atoms with van der Waals surface area (Å²) in [5.41, 5.74) is 6.80. The molecular formula is C34H39BrN4O8. The molecule has 0 unspecified atom stereocenters. The van der Waals surface area contributed by atoms with E-state index in [1.165, 1.54) is 7.11 Å². The number of aliphatic hydroxyl groups excluding tert-OH is 1. The van der Waals surface area contributed by atoms with Crippen LogP contribution in [0.5, 0.6) is 23.0 Å². The quantitative estimate of drug-likeness (QED) is 0.0718. The van der Waals surface area contributed by atoms with Gasteiger partial charge in [0.05, 0.1) is 42.6 Å². The summed E-state index contributed by atoms with van der Waals surface area (Å²) < 4.78 is 29.1. The van der Waals surface area contributed by atoms with Crippen molar-refractivity contribution in [1.29, 1.82) is 0 Å². The van der Waals surface area contributed by atoms with E-state index in [2.05, 4.69) is 43.2 Å². The zero-order valence-electron chi connectivity index (χ0n) is 26.9. The number of nitrogens with zero attached hydrogens (tertiary/aromatic N) is 1. The first kappa shape index (κ1) is 35.1. The van der Waals surface area contributed by atoms with Gasteiger partial charge < -0.3 is 39.4 Å². The van der Waals surface area contributed by atoms with Crippen LogP contribution in [-0.4, -0.2) is 56.5 Å². The number of nitrogens with one attached hydrogen (secondary N) is 3. The van der Waals surface area contributed by atoms with Gasteiger partial charge in [-0.3, -0.25) is 5.43 Å². The number of hydrogen-bond acceptors (Lipinski definition) is 10. The van der Waals surface area contributed by atoms with E-state index in [-0.39, 0.29) is 12.2 Å². The van der Waals surface area contributed by atoms with Crippen LogP contribution >= 0.6 is 15.9 Å². The van der Waals surface area contributed by atoms with Crippen molar-refractivity contribution in [3.05, 3.63) is 92.6 Å². The van der Waals surface area contributed by atoms with Crippen molar-refractivity contribution < 1.29 is 38.4 Å². The summed E-state index contributed by atoms with van der Waals surface area (Å²) in [4.78, 5) is 24.7. The lowest BCUT2D eigenvalue weighted by atomic mass is 9.95. The van der Waals surface area contributed by atoms with Crippen LogP contribution in [-0.2, 0) is 16.1 Å². The highest BCUT2D eigenvalue weighted by Crippen LogP contribution is 2.37. The molecule has 250 valence electrons. The van der Waals surface area contributed by atoms with E-state index in [4.69, 9.17) is 23.7 Å². The van der Waals surface area contributed by atoms with Crippen molar-refractivity contribution in [3.63, 3.8) is 0 Å². The maximum atomic E-state index is 12.5. The average molecular weight is 712 g/mol. The van der Waals surface area contributed by atoms with Crippen LogP contribution in [0.1, 0.15) is 49.1 Å². The predicted molar refractivity (Wildman–Crippen MR) is 180 cm³/mol. The summed E-state index contributed by atoms with van der Waals surface area (Å²) in [6.07, 6.45) is 0.385. The Bertz CT molecular complexity index is 1640. The Balaban J connectivity index is 1.40. The summed E-state index contributed by atoms with van der Waals surface area (Å²) in [5, 5.41) is 20.0. The molecule has 0 saturated heterocycles. The minimum atomic E-state index is -1.16. The number of urea groups is 1. The van der Waals surface area contributed by atoms with Gasteiger partial charge in [0.25, 0.3) is 0 Å². The Labute approximate surface area is 282 Å². The minimum absolute atomic E-state index is 0.160. The first-order valence-corrected chi connectivity index (χ1v) is 15.8. The number of ether oxygens (including phenoxy) is 5. The molecule has 4 N–H and O–H groups in total. The summed E-state index contributed by atoms with van der Waals surface area (Å²) in [6, 6.07) is 15.5. The molecule has 47 heavy (non-hydrogen) atoms. The second kappa shape index (κ2) is 16.7. The molecule has 0 spiro atoms. The number of aliphatic hydroxyl groups is 1. The fraction of sp³-hybridized carbons (Fsp3) is 0.324. The Hall–Kier alpha value is -4.75. The van der Waals surface area contributed by atoms with Crippen LogP contribution in [0, 0.1) is 6.92 Å². The third-order valence-electron chi connectivity index (χ3n) is 6.91. The fourth-order valence-corrected chi connectivity index (χ4v) is 5.42. The normalized spacial score (nSPS) is 15.0. The van der Waals surface area contributed by atoms with Gasteiger partial charge in [0, 0.05) is 5.70 Å². The number of carbonyl (C=O) groups is 2. The molecule has 0 aliphatic carbocycles. The number of amides is 2. The zero-order chi connectivity index (χ0) is 33.9. The average Bonchev–Trinajstić information content (AvgIpc) is 3.03. The number of halogens is 1. The highest BCUT2D eigenvalue weighted by Gasteiger charge is 2.32. The van der Waals surface area contributed by atoms with Crippen LogP contribution in [0.25, 0.3) is 0 Å². The summed E-state index contributed by atoms with van der Waals surface area (Å²) in [7, 11) is 1.28. The fourth-order valence-electron chi connectivity index (χ4n) is 4.84. The summed E-state index contributed by atoms with van der Waals surface area (Å²) >= 11 is 3.58.